The van der Waals surface area contributed by atoms with E-state index in [1.54, 1.807) is 13.0 Å². The number of aliphatic hydroxyl groups is 1. The van der Waals surface area contributed by atoms with Gasteiger partial charge in [0.25, 0.3) is 0 Å². The van der Waals surface area contributed by atoms with Crippen LogP contribution >= 0.6 is 0 Å². The summed E-state index contributed by atoms with van der Waals surface area (Å²) in [6, 6.07) is 4.42. The van der Waals surface area contributed by atoms with Gasteiger partial charge in [0.05, 0.1) is 6.10 Å². The van der Waals surface area contributed by atoms with Crippen molar-refractivity contribution in [1.29, 1.82) is 0 Å². The molecule has 0 fully saturated rings. The molecule has 1 aromatic rings. The smallest absolute Gasteiger partial charge is 0.123 e. The maximum absolute atomic E-state index is 12.8. The normalized spacial score (nSPS) is 12.8. The van der Waals surface area contributed by atoms with Crippen molar-refractivity contribution in [2.45, 2.75) is 26.4 Å². The lowest BCUT2D eigenvalue weighted by molar-refractivity contribution is 0.0883. The van der Waals surface area contributed by atoms with Gasteiger partial charge in [0.2, 0.25) is 0 Å². The molecule has 0 radical (unpaired) electrons. The molecule has 1 rings (SSSR count). The van der Waals surface area contributed by atoms with Crippen molar-refractivity contribution in [3.05, 3.63) is 35.1 Å². The van der Waals surface area contributed by atoms with Gasteiger partial charge in [-0.3, -0.25) is 0 Å². The molecular formula is C12H17FO2. The van der Waals surface area contributed by atoms with Crippen LogP contribution in [-0.2, 0) is 4.74 Å². The van der Waals surface area contributed by atoms with E-state index in [1.165, 1.54) is 12.1 Å². The summed E-state index contributed by atoms with van der Waals surface area (Å²) < 4.78 is 18.0. The highest BCUT2D eigenvalue weighted by Gasteiger charge is 2.10. The first kappa shape index (κ1) is 12.1. The Morgan fingerprint density at radius 1 is 1.47 bits per heavy atom. The van der Waals surface area contributed by atoms with Gasteiger partial charge < -0.3 is 9.84 Å². The lowest BCUT2D eigenvalue weighted by atomic mass is 10.0. The lowest BCUT2D eigenvalue weighted by Gasteiger charge is -2.13. The molecule has 3 heteroatoms. The first-order valence-electron chi connectivity index (χ1n) is 5.17. The van der Waals surface area contributed by atoms with Crippen molar-refractivity contribution in [3.63, 3.8) is 0 Å². The predicted molar refractivity (Wildman–Crippen MR) is 57.2 cm³/mol. The zero-order valence-corrected chi connectivity index (χ0v) is 9.16. The minimum atomic E-state index is -0.572. The van der Waals surface area contributed by atoms with E-state index in [9.17, 15) is 9.50 Å². The van der Waals surface area contributed by atoms with E-state index in [1.807, 2.05) is 6.92 Å². The highest BCUT2D eigenvalue weighted by atomic mass is 19.1. The van der Waals surface area contributed by atoms with Gasteiger partial charge in [-0.2, -0.15) is 0 Å². The second-order valence-corrected chi connectivity index (χ2v) is 3.50. The Balaban J connectivity index is 2.61. The Hall–Kier alpha value is -0.930. The van der Waals surface area contributed by atoms with Crippen LogP contribution in [0.1, 0.15) is 30.6 Å². The maximum Gasteiger partial charge on any atom is 0.123 e. The summed E-state index contributed by atoms with van der Waals surface area (Å²) in [4.78, 5) is 0. The molecule has 1 atom stereocenters. The number of benzene rings is 1. The minimum Gasteiger partial charge on any atom is -0.388 e. The Kier molecular flexibility index (Phi) is 4.72. The van der Waals surface area contributed by atoms with E-state index < -0.39 is 6.10 Å². The number of ether oxygens (including phenoxy) is 1. The maximum atomic E-state index is 12.8. The fraction of sp³-hybridized carbons (Fsp3) is 0.500. The molecule has 0 saturated carbocycles. The number of rotatable bonds is 5. The summed E-state index contributed by atoms with van der Waals surface area (Å²) in [6.07, 6.45) is -0.0301. The number of halogens is 1. The predicted octanol–water partition coefficient (Wildman–Crippen LogP) is 2.59. The van der Waals surface area contributed by atoms with Crippen LogP contribution in [-0.4, -0.2) is 18.3 Å². The van der Waals surface area contributed by atoms with E-state index in [-0.39, 0.29) is 5.82 Å². The molecule has 0 aliphatic carbocycles. The van der Waals surface area contributed by atoms with Crippen molar-refractivity contribution in [2.24, 2.45) is 0 Å². The van der Waals surface area contributed by atoms with Gasteiger partial charge in [-0.05, 0) is 37.1 Å². The third-order valence-electron chi connectivity index (χ3n) is 2.33. The van der Waals surface area contributed by atoms with Crippen molar-refractivity contribution in [3.8, 4) is 0 Å². The molecule has 0 aromatic heterocycles. The van der Waals surface area contributed by atoms with Gasteiger partial charge in [-0.15, -0.1) is 0 Å². The highest BCUT2D eigenvalue weighted by Crippen LogP contribution is 2.21. The molecule has 1 aromatic carbocycles. The average molecular weight is 212 g/mol. The van der Waals surface area contributed by atoms with E-state index in [0.29, 0.717) is 19.6 Å². The Bertz CT molecular complexity index is 312. The molecule has 0 aliphatic rings. The summed E-state index contributed by atoms with van der Waals surface area (Å²) in [5.74, 6) is -0.270. The standard InChI is InChI=1S/C12H17FO2/c1-3-15-7-6-12(14)11-5-4-10(13)8-9(11)2/h4-5,8,12,14H,3,6-7H2,1-2H3. The fourth-order valence-electron chi connectivity index (χ4n) is 1.51. The number of hydrogen-bond donors (Lipinski definition) is 1. The lowest BCUT2D eigenvalue weighted by Crippen LogP contribution is -2.05. The molecule has 84 valence electrons. The van der Waals surface area contributed by atoms with Crippen LogP contribution in [0.2, 0.25) is 0 Å². The third-order valence-corrected chi connectivity index (χ3v) is 2.33. The zero-order valence-electron chi connectivity index (χ0n) is 9.16. The van der Waals surface area contributed by atoms with Crippen LogP contribution in [0.4, 0.5) is 4.39 Å². The average Bonchev–Trinajstić information content (AvgIpc) is 2.17. The largest absolute Gasteiger partial charge is 0.388 e. The van der Waals surface area contributed by atoms with Crippen molar-refractivity contribution in [1.82, 2.24) is 0 Å². The quantitative estimate of drug-likeness (QED) is 0.760. The summed E-state index contributed by atoms with van der Waals surface area (Å²) in [7, 11) is 0. The Labute approximate surface area is 89.7 Å². The molecule has 1 unspecified atom stereocenters. The molecule has 1 N–H and O–H groups in total. The van der Waals surface area contributed by atoms with Crippen LogP contribution in [0.15, 0.2) is 18.2 Å². The van der Waals surface area contributed by atoms with E-state index in [4.69, 9.17) is 4.74 Å². The van der Waals surface area contributed by atoms with Crippen LogP contribution in [0.5, 0.6) is 0 Å². The Morgan fingerprint density at radius 3 is 2.80 bits per heavy atom. The van der Waals surface area contributed by atoms with Crippen molar-refractivity contribution in [2.75, 3.05) is 13.2 Å². The molecule has 0 heterocycles. The second kappa shape index (κ2) is 5.83. The first-order chi connectivity index (χ1) is 7.15. The number of aryl methyl sites for hydroxylation is 1. The topological polar surface area (TPSA) is 29.5 Å². The monoisotopic (exact) mass is 212 g/mol. The number of aliphatic hydroxyl groups excluding tert-OH is 1. The molecular weight excluding hydrogens is 195 g/mol. The van der Waals surface area contributed by atoms with Gasteiger partial charge in [0.15, 0.2) is 0 Å². The van der Waals surface area contributed by atoms with Gasteiger partial charge in [0, 0.05) is 19.6 Å². The fourth-order valence-corrected chi connectivity index (χ4v) is 1.51. The summed E-state index contributed by atoms with van der Waals surface area (Å²) in [5.41, 5.74) is 1.55. The second-order valence-electron chi connectivity index (χ2n) is 3.50. The zero-order chi connectivity index (χ0) is 11.3. The molecule has 0 bridgehead atoms. The Morgan fingerprint density at radius 2 is 2.20 bits per heavy atom. The third kappa shape index (κ3) is 3.61. The van der Waals surface area contributed by atoms with E-state index in [2.05, 4.69) is 0 Å². The van der Waals surface area contributed by atoms with Gasteiger partial charge >= 0.3 is 0 Å². The van der Waals surface area contributed by atoms with Crippen molar-refractivity contribution >= 4 is 0 Å². The van der Waals surface area contributed by atoms with E-state index >= 15 is 0 Å². The molecule has 2 nitrogen and oxygen atoms in total. The van der Waals surface area contributed by atoms with E-state index in [0.717, 1.165) is 11.1 Å². The molecule has 0 saturated heterocycles. The van der Waals surface area contributed by atoms with Gasteiger partial charge in [-0.1, -0.05) is 6.07 Å². The van der Waals surface area contributed by atoms with Crippen LogP contribution in [0, 0.1) is 12.7 Å². The van der Waals surface area contributed by atoms with Gasteiger partial charge in [-0.25, -0.2) is 4.39 Å². The summed E-state index contributed by atoms with van der Waals surface area (Å²) >= 11 is 0. The van der Waals surface area contributed by atoms with Crippen LogP contribution < -0.4 is 0 Å². The first-order valence-corrected chi connectivity index (χ1v) is 5.17. The van der Waals surface area contributed by atoms with Crippen molar-refractivity contribution < 1.29 is 14.2 Å². The number of hydrogen-bond acceptors (Lipinski definition) is 2. The molecule has 0 spiro atoms. The molecule has 0 aliphatic heterocycles. The SMILES string of the molecule is CCOCCC(O)c1ccc(F)cc1C. The summed E-state index contributed by atoms with van der Waals surface area (Å²) in [5, 5.41) is 9.82. The highest BCUT2D eigenvalue weighted by molar-refractivity contribution is 5.28. The molecule has 15 heavy (non-hydrogen) atoms. The molecule has 0 amide bonds. The van der Waals surface area contributed by atoms with Crippen LogP contribution in [0.3, 0.4) is 0 Å². The van der Waals surface area contributed by atoms with Crippen LogP contribution in [0.25, 0.3) is 0 Å². The summed E-state index contributed by atoms with van der Waals surface area (Å²) in [6.45, 7) is 4.88. The van der Waals surface area contributed by atoms with Gasteiger partial charge in [0.1, 0.15) is 5.82 Å². The minimum absolute atomic E-state index is 0.270.